The van der Waals surface area contributed by atoms with Gasteiger partial charge in [-0.2, -0.15) is 0 Å². The van der Waals surface area contributed by atoms with Gasteiger partial charge < -0.3 is 20.1 Å². The van der Waals surface area contributed by atoms with Crippen LogP contribution >= 0.6 is 0 Å². The number of aromatic nitrogens is 1. The first-order chi connectivity index (χ1) is 14.4. The molecule has 0 aliphatic carbocycles. The molecule has 0 unspecified atom stereocenters. The summed E-state index contributed by atoms with van der Waals surface area (Å²) in [6, 6.07) is 10.8. The van der Waals surface area contributed by atoms with Crippen molar-refractivity contribution in [3.8, 4) is 11.6 Å². The highest BCUT2D eigenvalue weighted by molar-refractivity contribution is 5.96. The lowest BCUT2D eigenvalue weighted by molar-refractivity contribution is -0.384. The van der Waals surface area contributed by atoms with Crippen LogP contribution in [0, 0.1) is 10.1 Å². The number of rotatable bonds is 7. The van der Waals surface area contributed by atoms with Crippen LogP contribution in [0.15, 0.2) is 52.7 Å². The number of nitrogens with zero attached hydrogens (tertiary/aromatic N) is 3. The van der Waals surface area contributed by atoms with Crippen molar-refractivity contribution in [2.45, 2.75) is 6.42 Å². The predicted molar refractivity (Wildman–Crippen MR) is 106 cm³/mol. The Morgan fingerprint density at radius 2 is 1.97 bits per heavy atom. The fourth-order valence-electron chi connectivity index (χ4n) is 2.67. The molecule has 3 rings (SSSR count). The van der Waals surface area contributed by atoms with Gasteiger partial charge in [0.25, 0.3) is 11.6 Å². The predicted octanol–water partition coefficient (Wildman–Crippen LogP) is 2.76. The maximum Gasteiger partial charge on any atom is 0.283 e. The van der Waals surface area contributed by atoms with E-state index in [1.165, 1.54) is 18.2 Å². The highest BCUT2D eigenvalue weighted by Crippen LogP contribution is 2.37. The summed E-state index contributed by atoms with van der Waals surface area (Å²) >= 11 is 0. The molecule has 3 aromatic rings. The van der Waals surface area contributed by atoms with Gasteiger partial charge in [-0.25, -0.2) is 0 Å². The van der Waals surface area contributed by atoms with E-state index in [0.717, 1.165) is 5.56 Å². The van der Waals surface area contributed by atoms with E-state index in [1.54, 1.807) is 31.4 Å². The van der Waals surface area contributed by atoms with Crippen LogP contribution in [0.4, 0.5) is 11.4 Å². The zero-order valence-corrected chi connectivity index (χ0v) is 15.8. The van der Waals surface area contributed by atoms with Crippen molar-refractivity contribution in [2.24, 2.45) is 10.2 Å². The molecule has 0 fully saturated rings. The standard InChI is InChI=1S/C19H17N5O6/c1-30-13-5-2-11(3-6-13)8-16(25)20-10-17(26)22-23-18-14-9-12(24(28)29)4-7-15(14)21-19(18)27/h2-7,9,21,27H,8,10H2,1H3,(H,20,25). The van der Waals surface area contributed by atoms with Gasteiger partial charge in [0.1, 0.15) is 12.3 Å². The molecule has 11 nitrogen and oxygen atoms in total. The maximum atomic E-state index is 12.0. The number of H-pyrrole nitrogens is 1. The van der Waals surface area contributed by atoms with Crippen molar-refractivity contribution in [1.29, 1.82) is 0 Å². The molecule has 0 bridgehead atoms. The molecule has 2 amide bonds. The average molecular weight is 411 g/mol. The Hall–Kier alpha value is -4.28. The van der Waals surface area contributed by atoms with Gasteiger partial charge in [0.15, 0.2) is 5.69 Å². The number of aromatic hydroxyl groups is 1. The molecular formula is C19H17N5O6. The third-order valence-electron chi connectivity index (χ3n) is 4.17. The number of nitro groups is 1. The number of hydrogen-bond donors (Lipinski definition) is 3. The summed E-state index contributed by atoms with van der Waals surface area (Å²) in [4.78, 5) is 36.8. The molecule has 0 radical (unpaired) electrons. The SMILES string of the molecule is COc1ccc(CC(=O)NCC(=O)N=Nc2c(O)[nH]c3ccc([N+](=O)[O-])cc23)cc1. The molecule has 0 aliphatic heterocycles. The van der Waals surface area contributed by atoms with E-state index in [2.05, 4.69) is 20.5 Å². The van der Waals surface area contributed by atoms with Crippen LogP contribution in [0.3, 0.4) is 0 Å². The van der Waals surface area contributed by atoms with E-state index in [4.69, 9.17) is 4.74 Å². The molecule has 0 aliphatic rings. The summed E-state index contributed by atoms with van der Waals surface area (Å²) in [5, 5.41) is 30.7. The first-order valence-corrected chi connectivity index (χ1v) is 8.70. The molecule has 0 atom stereocenters. The largest absolute Gasteiger partial charge is 0.497 e. The molecule has 11 heteroatoms. The second-order valence-electron chi connectivity index (χ2n) is 6.20. The van der Waals surface area contributed by atoms with E-state index < -0.39 is 10.8 Å². The molecule has 1 aromatic heterocycles. The Labute approximate surface area is 169 Å². The number of non-ortho nitro benzene ring substituents is 1. The molecule has 1 heterocycles. The first kappa shape index (κ1) is 20.5. The summed E-state index contributed by atoms with van der Waals surface area (Å²) < 4.78 is 5.04. The van der Waals surface area contributed by atoms with Crippen molar-refractivity contribution in [1.82, 2.24) is 10.3 Å². The van der Waals surface area contributed by atoms with E-state index in [1.807, 2.05) is 0 Å². The Morgan fingerprint density at radius 1 is 1.23 bits per heavy atom. The van der Waals surface area contributed by atoms with Crippen LogP contribution in [0.5, 0.6) is 11.6 Å². The van der Waals surface area contributed by atoms with Crippen LogP contribution in [0.25, 0.3) is 10.9 Å². The minimum atomic E-state index is -0.753. The van der Waals surface area contributed by atoms with E-state index in [0.29, 0.717) is 11.3 Å². The average Bonchev–Trinajstić information content (AvgIpc) is 3.05. The highest BCUT2D eigenvalue weighted by Gasteiger charge is 2.15. The molecule has 0 saturated heterocycles. The Balaban J connectivity index is 1.61. The second kappa shape index (κ2) is 8.82. The number of carbonyl (C=O) groups excluding carboxylic acids is 2. The van der Waals surface area contributed by atoms with Crippen LogP contribution < -0.4 is 10.1 Å². The number of amides is 2. The van der Waals surface area contributed by atoms with Crippen molar-refractivity contribution in [3.05, 3.63) is 58.1 Å². The van der Waals surface area contributed by atoms with E-state index in [9.17, 15) is 24.8 Å². The third-order valence-corrected chi connectivity index (χ3v) is 4.17. The molecule has 30 heavy (non-hydrogen) atoms. The fourth-order valence-corrected chi connectivity index (χ4v) is 2.67. The lowest BCUT2D eigenvalue weighted by Gasteiger charge is -2.04. The molecular weight excluding hydrogens is 394 g/mol. The second-order valence-corrected chi connectivity index (χ2v) is 6.20. The van der Waals surface area contributed by atoms with Crippen LogP contribution in [-0.2, 0) is 16.0 Å². The molecule has 0 spiro atoms. The van der Waals surface area contributed by atoms with Crippen molar-refractivity contribution < 1.29 is 24.4 Å². The van der Waals surface area contributed by atoms with Gasteiger partial charge in [-0.15, -0.1) is 10.2 Å². The number of benzene rings is 2. The summed E-state index contributed by atoms with van der Waals surface area (Å²) in [6.07, 6.45) is 0.0708. The quantitative estimate of drug-likeness (QED) is 0.308. The number of aromatic amines is 1. The number of fused-ring (bicyclic) bond motifs is 1. The Kier molecular flexibility index (Phi) is 6.01. The van der Waals surface area contributed by atoms with Gasteiger partial charge in [-0.3, -0.25) is 19.7 Å². The number of carbonyl (C=O) groups is 2. The number of azo groups is 1. The topological polar surface area (TPSA) is 159 Å². The van der Waals surface area contributed by atoms with Crippen molar-refractivity contribution in [2.75, 3.05) is 13.7 Å². The minimum Gasteiger partial charge on any atom is -0.497 e. The van der Waals surface area contributed by atoms with Gasteiger partial charge in [-0.1, -0.05) is 12.1 Å². The van der Waals surface area contributed by atoms with Crippen LogP contribution in [0.1, 0.15) is 5.56 Å². The summed E-state index contributed by atoms with van der Waals surface area (Å²) in [7, 11) is 1.54. The third kappa shape index (κ3) is 4.76. The van der Waals surface area contributed by atoms with E-state index >= 15 is 0 Å². The van der Waals surface area contributed by atoms with Gasteiger partial charge in [0.2, 0.25) is 11.8 Å². The number of nitro benzene ring substituents is 1. The van der Waals surface area contributed by atoms with E-state index in [-0.39, 0.29) is 41.5 Å². The lowest BCUT2D eigenvalue weighted by Crippen LogP contribution is -2.29. The monoisotopic (exact) mass is 411 g/mol. The molecule has 3 N–H and O–H groups in total. The number of methoxy groups -OCH3 is 1. The summed E-state index contributed by atoms with van der Waals surface area (Å²) in [5.41, 5.74) is 0.835. The molecule has 154 valence electrons. The van der Waals surface area contributed by atoms with Crippen molar-refractivity contribution in [3.63, 3.8) is 0 Å². The van der Waals surface area contributed by atoms with Gasteiger partial charge in [-0.05, 0) is 23.8 Å². The number of nitrogens with one attached hydrogen (secondary N) is 2. The zero-order chi connectivity index (χ0) is 21.7. The van der Waals surface area contributed by atoms with Crippen LogP contribution in [-0.4, -0.2) is 40.5 Å². The van der Waals surface area contributed by atoms with Gasteiger partial charge in [0, 0.05) is 17.5 Å². The fraction of sp³-hybridized carbons (Fsp3) is 0.158. The minimum absolute atomic E-state index is 0.0708. The molecule has 2 aromatic carbocycles. The molecule has 0 saturated carbocycles. The normalized spacial score (nSPS) is 11.0. The number of ether oxygens (including phenoxy) is 1. The van der Waals surface area contributed by atoms with Crippen molar-refractivity contribution >= 4 is 34.1 Å². The van der Waals surface area contributed by atoms with Gasteiger partial charge in [0.05, 0.1) is 24.0 Å². The van der Waals surface area contributed by atoms with Crippen LogP contribution in [0.2, 0.25) is 0 Å². The van der Waals surface area contributed by atoms with Gasteiger partial charge >= 0.3 is 0 Å². The zero-order valence-electron chi connectivity index (χ0n) is 15.8. The highest BCUT2D eigenvalue weighted by atomic mass is 16.6. The summed E-state index contributed by atoms with van der Waals surface area (Å²) in [6.45, 7) is -0.387. The number of hydrogen-bond acceptors (Lipinski definition) is 7. The maximum absolute atomic E-state index is 12.0. The summed E-state index contributed by atoms with van der Waals surface area (Å²) in [5.74, 6) is -0.849. The lowest BCUT2D eigenvalue weighted by atomic mass is 10.1. The smallest absolute Gasteiger partial charge is 0.283 e. The Bertz CT molecular complexity index is 1140. The Morgan fingerprint density at radius 3 is 2.63 bits per heavy atom. The first-order valence-electron chi connectivity index (χ1n) is 8.70.